The molecule has 0 aliphatic carbocycles. The zero-order valence-electron chi connectivity index (χ0n) is 9.99. The number of ether oxygens (including phenoxy) is 1. The first-order valence-corrected chi connectivity index (χ1v) is 7.01. The Balaban J connectivity index is 2.26. The third kappa shape index (κ3) is 2.75. The van der Waals surface area contributed by atoms with Crippen molar-refractivity contribution >= 4 is 33.3 Å². The quantitative estimate of drug-likeness (QED) is 0.800. The second-order valence-electron chi connectivity index (χ2n) is 4.31. The number of alkyl halides is 1. The Morgan fingerprint density at radius 1 is 1.65 bits per heavy atom. The van der Waals surface area contributed by atoms with Crippen molar-refractivity contribution in [2.45, 2.75) is 31.4 Å². The molecule has 1 aromatic heterocycles. The molecule has 0 saturated carbocycles. The Labute approximate surface area is 115 Å². The van der Waals surface area contributed by atoms with E-state index in [9.17, 15) is 0 Å². The van der Waals surface area contributed by atoms with Gasteiger partial charge in [0.15, 0.2) is 0 Å². The average molecular weight is 320 g/mol. The summed E-state index contributed by atoms with van der Waals surface area (Å²) in [5.74, 6) is 1.42. The number of likely N-dealkylation sites (N-methyl/N-ethyl adjacent to an activating group) is 1. The molecule has 1 fully saturated rings. The minimum Gasteiger partial charge on any atom is -0.376 e. The van der Waals surface area contributed by atoms with E-state index in [2.05, 4.69) is 39.8 Å². The highest BCUT2D eigenvalue weighted by atomic mass is 79.9. The van der Waals surface area contributed by atoms with Crippen LogP contribution >= 0.6 is 27.5 Å². The summed E-state index contributed by atoms with van der Waals surface area (Å²) in [6.07, 6.45) is 3.09. The van der Waals surface area contributed by atoms with Crippen LogP contribution in [-0.2, 0) is 10.6 Å². The molecular formula is C12H16BrClN2O. The molecule has 94 valence electrons. The minimum atomic E-state index is 0.244. The summed E-state index contributed by atoms with van der Waals surface area (Å²) in [5, 5.41) is 0. The van der Waals surface area contributed by atoms with E-state index in [0.29, 0.717) is 11.9 Å². The molecule has 0 bridgehead atoms. The lowest BCUT2D eigenvalue weighted by atomic mass is 10.1. The summed E-state index contributed by atoms with van der Waals surface area (Å²) in [7, 11) is 2.06. The van der Waals surface area contributed by atoms with Crippen LogP contribution < -0.4 is 4.90 Å². The van der Waals surface area contributed by atoms with E-state index in [1.54, 1.807) is 0 Å². The van der Waals surface area contributed by atoms with Gasteiger partial charge in [-0.05, 0) is 35.3 Å². The molecule has 0 radical (unpaired) electrons. The van der Waals surface area contributed by atoms with Crippen molar-refractivity contribution in [1.29, 1.82) is 0 Å². The third-order valence-electron chi connectivity index (χ3n) is 3.22. The van der Waals surface area contributed by atoms with Crippen LogP contribution in [0.3, 0.4) is 0 Å². The Morgan fingerprint density at radius 3 is 3.00 bits per heavy atom. The van der Waals surface area contributed by atoms with Gasteiger partial charge in [0.1, 0.15) is 5.82 Å². The maximum Gasteiger partial charge on any atom is 0.133 e. The molecule has 0 spiro atoms. The summed E-state index contributed by atoms with van der Waals surface area (Å²) in [6, 6.07) is 2.40. The van der Waals surface area contributed by atoms with Gasteiger partial charge in [0.25, 0.3) is 0 Å². The molecule has 1 aliphatic heterocycles. The minimum absolute atomic E-state index is 0.244. The normalized spacial score (nSPS) is 24.0. The maximum atomic E-state index is 5.97. The number of rotatable bonds is 3. The SMILES string of the molecule is CC1OCCC1N(C)c1ncc(Br)cc1CCl. The lowest BCUT2D eigenvalue weighted by Gasteiger charge is -2.29. The molecule has 0 aromatic carbocycles. The van der Waals surface area contributed by atoms with Gasteiger partial charge in [-0.2, -0.15) is 0 Å². The first kappa shape index (κ1) is 13.1. The highest BCUT2D eigenvalue weighted by Gasteiger charge is 2.29. The fourth-order valence-electron chi connectivity index (χ4n) is 2.28. The zero-order chi connectivity index (χ0) is 12.4. The Hall–Kier alpha value is -0.320. The van der Waals surface area contributed by atoms with Crippen LogP contribution in [0.4, 0.5) is 5.82 Å². The van der Waals surface area contributed by atoms with Gasteiger partial charge >= 0.3 is 0 Å². The fourth-order valence-corrected chi connectivity index (χ4v) is 2.85. The van der Waals surface area contributed by atoms with Gasteiger partial charge in [0, 0.05) is 29.9 Å². The first-order chi connectivity index (χ1) is 8.13. The molecule has 17 heavy (non-hydrogen) atoms. The van der Waals surface area contributed by atoms with Gasteiger partial charge in [0.05, 0.1) is 18.0 Å². The number of nitrogens with zero attached hydrogens (tertiary/aromatic N) is 2. The standard InChI is InChI=1S/C12H16BrClN2O/c1-8-11(3-4-17-8)16(2)12-9(6-14)5-10(13)7-15-12/h5,7-8,11H,3-4,6H2,1-2H3. The van der Waals surface area contributed by atoms with Crippen molar-refractivity contribution in [3.8, 4) is 0 Å². The van der Waals surface area contributed by atoms with Crippen molar-refractivity contribution in [2.24, 2.45) is 0 Å². The second kappa shape index (κ2) is 5.55. The molecule has 2 heterocycles. The van der Waals surface area contributed by atoms with Crippen LogP contribution in [-0.4, -0.2) is 30.8 Å². The largest absolute Gasteiger partial charge is 0.376 e. The van der Waals surface area contributed by atoms with Crippen molar-refractivity contribution in [3.05, 3.63) is 22.3 Å². The van der Waals surface area contributed by atoms with Gasteiger partial charge in [0.2, 0.25) is 0 Å². The summed E-state index contributed by atoms with van der Waals surface area (Å²) >= 11 is 9.39. The van der Waals surface area contributed by atoms with Gasteiger partial charge in [-0.25, -0.2) is 4.98 Å². The van der Waals surface area contributed by atoms with E-state index in [0.717, 1.165) is 28.9 Å². The molecule has 5 heteroatoms. The third-order valence-corrected chi connectivity index (χ3v) is 3.94. The Bertz CT molecular complexity index is 402. The van der Waals surface area contributed by atoms with Gasteiger partial charge in [-0.15, -0.1) is 11.6 Å². The molecule has 2 unspecified atom stereocenters. The summed E-state index contributed by atoms with van der Waals surface area (Å²) in [4.78, 5) is 6.65. The van der Waals surface area contributed by atoms with Crippen LogP contribution in [0.25, 0.3) is 0 Å². The maximum absolute atomic E-state index is 5.97. The lowest BCUT2D eigenvalue weighted by molar-refractivity contribution is 0.118. The molecule has 2 rings (SSSR count). The molecule has 1 saturated heterocycles. The van der Waals surface area contributed by atoms with E-state index in [4.69, 9.17) is 16.3 Å². The van der Waals surface area contributed by atoms with E-state index in [-0.39, 0.29) is 6.10 Å². The van der Waals surface area contributed by atoms with Crippen molar-refractivity contribution in [1.82, 2.24) is 4.98 Å². The topological polar surface area (TPSA) is 25.4 Å². The summed E-state index contributed by atoms with van der Waals surface area (Å²) in [5.41, 5.74) is 1.04. The molecule has 3 nitrogen and oxygen atoms in total. The molecule has 0 amide bonds. The summed E-state index contributed by atoms with van der Waals surface area (Å²) in [6.45, 7) is 2.93. The molecule has 0 N–H and O–H groups in total. The number of halogens is 2. The number of anilines is 1. The van der Waals surface area contributed by atoms with E-state index >= 15 is 0 Å². The zero-order valence-corrected chi connectivity index (χ0v) is 12.3. The fraction of sp³-hybridized carbons (Fsp3) is 0.583. The number of pyridine rings is 1. The number of hydrogen-bond donors (Lipinski definition) is 0. The summed E-state index contributed by atoms with van der Waals surface area (Å²) < 4.78 is 6.55. The Kier molecular flexibility index (Phi) is 4.28. The van der Waals surface area contributed by atoms with Crippen molar-refractivity contribution < 1.29 is 4.74 Å². The number of hydrogen-bond acceptors (Lipinski definition) is 3. The highest BCUT2D eigenvalue weighted by Crippen LogP contribution is 2.28. The monoisotopic (exact) mass is 318 g/mol. The number of aromatic nitrogens is 1. The van der Waals surface area contributed by atoms with Crippen LogP contribution in [0, 0.1) is 0 Å². The highest BCUT2D eigenvalue weighted by molar-refractivity contribution is 9.10. The van der Waals surface area contributed by atoms with Crippen molar-refractivity contribution in [2.75, 3.05) is 18.6 Å². The van der Waals surface area contributed by atoms with Gasteiger partial charge in [-0.3, -0.25) is 0 Å². The van der Waals surface area contributed by atoms with Crippen LogP contribution in [0.1, 0.15) is 18.9 Å². The molecular weight excluding hydrogens is 304 g/mol. The van der Waals surface area contributed by atoms with Gasteiger partial charge in [-0.1, -0.05) is 0 Å². The van der Waals surface area contributed by atoms with Gasteiger partial charge < -0.3 is 9.64 Å². The van der Waals surface area contributed by atoms with Crippen LogP contribution in [0.15, 0.2) is 16.7 Å². The molecule has 1 aliphatic rings. The Morgan fingerprint density at radius 2 is 2.41 bits per heavy atom. The predicted octanol–water partition coefficient (Wildman–Crippen LogP) is 3.20. The predicted molar refractivity (Wildman–Crippen MR) is 73.7 cm³/mol. The average Bonchev–Trinajstić information content (AvgIpc) is 2.74. The smallest absolute Gasteiger partial charge is 0.133 e. The van der Waals surface area contributed by atoms with Crippen LogP contribution in [0.5, 0.6) is 0 Å². The first-order valence-electron chi connectivity index (χ1n) is 5.68. The van der Waals surface area contributed by atoms with E-state index in [1.807, 2.05) is 12.3 Å². The molecule has 2 atom stereocenters. The second-order valence-corrected chi connectivity index (χ2v) is 5.50. The lowest BCUT2D eigenvalue weighted by Crippen LogP contribution is -2.37. The molecule has 1 aromatic rings. The van der Waals surface area contributed by atoms with E-state index < -0.39 is 0 Å². The van der Waals surface area contributed by atoms with E-state index in [1.165, 1.54) is 0 Å². The van der Waals surface area contributed by atoms with Crippen LogP contribution in [0.2, 0.25) is 0 Å². The van der Waals surface area contributed by atoms with Crippen molar-refractivity contribution in [3.63, 3.8) is 0 Å².